The number of hydrogen-bond donors (Lipinski definition) is 0. The summed E-state index contributed by atoms with van der Waals surface area (Å²) in [5.74, 6) is 0.798. The normalized spacial score (nSPS) is 20.6. The number of likely N-dealkylation sites (tertiary alicyclic amines) is 1. The van der Waals surface area contributed by atoms with Gasteiger partial charge in [0.15, 0.2) is 0 Å². The Bertz CT molecular complexity index is 813. The molecule has 1 unspecified atom stereocenters. The van der Waals surface area contributed by atoms with Gasteiger partial charge in [0, 0.05) is 50.8 Å². The van der Waals surface area contributed by atoms with Crippen LogP contribution in [0.4, 0.5) is 0 Å². The number of aromatic nitrogens is 1. The van der Waals surface area contributed by atoms with Gasteiger partial charge in [-0.25, -0.2) is 0 Å². The Morgan fingerprint density at radius 2 is 1.82 bits per heavy atom. The van der Waals surface area contributed by atoms with Crippen LogP contribution in [0.25, 0.3) is 0 Å². The minimum atomic E-state index is 0.236. The molecule has 4 rings (SSSR count). The molecule has 0 aliphatic carbocycles. The predicted molar refractivity (Wildman–Crippen MR) is 117 cm³/mol. The lowest BCUT2D eigenvalue weighted by Gasteiger charge is -2.34. The van der Waals surface area contributed by atoms with Crippen LogP contribution in [0.3, 0.4) is 0 Å². The molecule has 2 aliphatic rings. The van der Waals surface area contributed by atoms with Crippen molar-refractivity contribution < 1.29 is 4.74 Å². The van der Waals surface area contributed by atoms with Crippen LogP contribution in [0.15, 0.2) is 54.3 Å². The van der Waals surface area contributed by atoms with Gasteiger partial charge in [0.2, 0.25) is 0 Å². The van der Waals surface area contributed by atoms with E-state index in [2.05, 4.69) is 38.5 Å². The van der Waals surface area contributed by atoms with Gasteiger partial charge < -0.3 is 14.5 Å². The number of ether oxygens (including phenoxy) is 1. The molecule has 148 valence electrons. The van der Waals surface area contributed by atoms with E-state index in [9.17, 15) is 0 Å². The second-order valence-corrected chi connectivity index (χ2v) is 8.83. The fraction of sp³-hybridized carbons (Fsp3) is 0.381. The first-order valence-corrected chi connectivity index (χ1v) is 11.2. The predicted octanol–water partition coefficient (Wildman–Crippen LogP) is 5.45. The minimum absolute atomic E-state index is 0.236. The average molecular weight is 436 g/mol. The lowest BCUT2D eigenvalue weighted by atomic mass is 10.1. The van der Waals surface area contributed by atoms with E-state index in [-0.39, 0.29) is 6.10 Å². The van der Waals surface area contributed by atoms with Crippen LogP contribution in [0.1, 0.15) is 23.8 Å². The van der Waals surface area contributed by atoms with Gasteiger partial charge in [-0.3, -0.25) is 4.98 Å². The van der Waals surface area contributed by atoms with Gasteiger partial charge >= 0.3 is 0 Å². The van der Waals surface area contributed by atoms with Gasteiger partial charge in [0.1, 0.15) is 17.2 Å². The summed E-state index contributed by atoms with van der Waals surface area (Å²) in [7, 11) is 0. The second kappa shape index (κ2) is 9.40. The fourth-order valence-corrected chi connectivity index (χ4v) is 4.89. The number of thioether (sulfide) groups is 1. The number of piperidine rings is 1. The zero-order valence-electron chi connectivity index (χ0n) is 15.5. The number of benzene rings is 1. The number of rotatable bonds is 6. The molecule has 0 radical (unpaired) electrons. The first-order valence-electron chi connectivity index (χ1n) is 9.51. The molecule has 0 N–H and O–H groups in total. The highest BCUT2D eigenvalue weighted by molar-refractivity contribution is 8.02. The molecule has 0 saturated carbocycles. The summed E-state index contributed by atoms with van der Waals surface area (Å²) in [6, 6.07) is 9.67. The largest absolute Gasteiger partial charge is 0.490 e. The molecule has 0 bridgehead atoms. The van der Waals surface area contributed by atoms with Crippen molar-refractivity contribution in [3.8, 4) is 5.75 Å². The summed E-state index contributed by atoms with van der Waals surface area (Å²) in [6.07, 6.45) is 8.23. The Morgan fingerprint density at radius 1 is 1.04 bits per heavy atom. The molecule has 28 heavy (non-hydrogen) atoms. The second-order valence-electron chi connectivity index (χ2n) is 7.03. The number of halogens is 2. The van der Waals surface area contributed by atoms with E-state index in [4.69, 9.17) is 27.9 Å². The Kier molecular flexibility index (Phi) is 6.68. The zero-order valence-corrected chi connectivity index (χ0v) is 17.8. The van der Waals surface area contributed by atoms with Gasteiger partial charge in [-0.05, 0) is 48.1 Å². The van der Waals surface area contributed by atoms with Gasteiger partial charge in [-0.2, -0.15) is 0 Å². The van der Waals surface area contributed by atoms with E-state index < -0.39 is 0 Å². The molecular weight excluding hydrogens is 413 g/mol. The highest BCUT2D eigenvalue weighted by Gasteiger charge is 2.24. The number of nitrogens with zero attached hydrogens (tertiary/aromatic N) is 3. The lowest BCUT2D eigenvalue weighted by molar-refractivity contribution is 0.0959. The summed E-state index contributed by atoms with van der Waals surface area (Å²) in [5, 5.41) is 3.64. The molecular formula is C21H23Cl2N3OS. The van der Waals surface area contributed by atoms with E-state index >= 15 is 0 Å². The minimum Gasteiger partial charge on any atom is -0.490 e. The molecule has 4 nitrogen and oxygen atoms in total. The quantitative estimate of drug-likeness (QED) is 0.601. The SMILES string of the molecule is Clc1ccc(OC2CCN(CCN3C=CSC3c3ccncc3)CC2)cc1Cl. The summed E-state index contributed by atoms with van der Waals surface area (Å²) in [4.78, 5) is 9.06. The molecule has 1 aromatic heterocycles. The zero-order chi connectivity index (χ0) is 19.3. The topological polar surface area (TPSA) is 28.6 Å². The molecule has 2 aliphatic heterocycles. The van der Waals surface area contributed by atoms with Gasteiger partial charge in [-0.15, -0.1) is 11.8 Å². The van der Waals surface area contributed by atoms with Gasteiger partial charge in [0.25, 0.3) is 0 Å². The molecule has 7 heteroatoms. The third-order valence-electron chi connectivity index (χ3n) is 5.16. The van der Waals surface area contributed by atoms with Crippen LogP contribution >= 0.6 is 35.0 Å². The van der Waals surface area contributed by atoms with Crippen LogP contribution < -0.4 is 4.74 Å². The monoisotopic (exact) mass is 435 g/mol. The third-order valence-corrected chi connectivity index (χ3v) is 6.97. The maximum Gasteiger partial charge on any atom is 0.121 e. The van der Waals surface area contributed by atoms with E-state index in [1.54, 1.807) is 12.1 Å². The number of pyridine rings is 1. The van der Waals surface area contributed by atoms with E-state index in [0.717, 1.165) is 44.8 Å². The standard InChI is InChI=1S/C21H23Cl2N3OS/c22-19-2-1-18(15-20(19)23)27-17-5-9-25(10-6-17)11-12-26-13-14-28-21(26)16-3-7-24-8-4-16/h1-4,7-8,13-15,17,21H,5-6,9-12H2. The Labute approximate surface area is 180 Å². The van der Waals surface area contributed by atoms with Crippen molar-refractivity contribution in [1.82, 2.24) is 14.8 Å². The third kappa shape index (κ3) is 4.95. The summed E-state index contributed by atoms with van der Waals surface area (Å²) < 4.78 is 6.09. The number of hydrogen-bond acceptors (Lipinski definition) is 5. The van der Waals surface area contributed by atoms with Crippen LogP contribution in [0.5, 0.6) is 5.75 Å². The smallest absolute Gasteiger partial charge is 0.121 e. The Morgan fingerprint density at radius 3 is 2.57 bits per heavy atom. The lowest BCUT2D eigenvalue weighted by Crippen LogP contribution is -2.41. The van der Waals surface area contributed by atoms with Crippen LogP contribution in [-0.4, -0.2) is 47.1 Å². The maximum absolute atomic E-state index is 6.09. The average Bonchev–Trinajstić information content (AvgIpc) is 3.20. The molecule has 1 aromatic carbocycles. The van der Waals surface area contributed by atoms with Gasteiger partial charge in [-0.1, -0.05) is 23.2 Å². The molecule has 1 saturated heterocycles. The highest BCUT2D eigenvalue weighted by atomic mass is 35.5. The van der Waals surface area contributed by atoms with Crippen molar-refractivity contribution in [3.05, 3.63) is 69.9 Å². The van der Waals surface area contributed by atoms with Crippen molar-refractivity contribution >= 4 is 35.0 Å². The highest BCUT2D eigenvalue weighted by Crippen LogP contribution is 2.38. The van der Waals surface area contributed by atoms with E-state index in [1.807, 2.05) is 30.2 Å². The van der Waals surface area contributed by atoms with E-state index in [0.29, 0.717) is 15.4 Å². The van der Waals surface area contributed by atoms with E-state index in [1.165, 1.54) is 5.56 Å². The van der Waals surface area contributed by atoms with Crippen molar-refractivity contribution in [2.45, 2.75) is 24.3 Å². The van der Waals surface area contributed by atoms with Crippen molar-refractivity contribution in [2.24, 2.45) is 0 Å². The van der Waals surface area contributed by atoms with Crippen LogP contribution in [-0.2, 0) is 0 Å². The van der Waals surface area contributed by atoms with Crippen molar-refractivity contribution in [3.63, 3.8) is 0 Å². The Balaban J connectivity index is 1.23. The molecule has 0 amide bonds. The molecule has 3 heterocycles. The summed E-state index contributed by atoms with van der Waals surface area (Å²) in [6.45, 7) is 4.19. The first kappa shape index (κ1) is 19.9. The van der Waals surface area contributed by atoms with Crippen LogP contribution in [0.2, 0.25) is 10.0 Å². The molecule has 0 spiro atoms. The van der Waals surface area contributed by atoms with Crippen LogP contribution in [0, 0.1) is 0 Å². The molecule has 1 fully saturated rings. The van der Waals surface area contributed by atoms with Crippen molar-refractivity contribution in [2.75, 3.05) is 26.2 Å². The fourth-order valence-electron chi connectivity index (χ4n) is 3.58. The van der Waals surface area contributed by atoms with Crippen molar-refractivity contribution in [1.29, 1.82) is 0 Å². The Hall–Kier alpha value is -1.40. The maximum atomic E-state index is 6.09. The van der Waals surface area contributed by atoms with Gasteiger partial charge in [0.05, 0.1) is 10.0 Å². The summed E-state index contributed by atoms with van der Waals surface area (Å²) in [5.41, 5.74) is 1.30. The molecule has 1 atom stereocenters. The summed E-state index contributed by atoms with van der Waals surface area (Å²) >= 11 is 13.9. The molecule has 2 aromatic rings. The first-order chi connectivity index (χ1) is 13.7.